The van der Waals surface area contributed by atoms with Crippen LogP contribution in [-0.2, 0) is 30.3 Å². The Bertz CT molecular complexity index is 1320. The molecule has 12 heteroatoms. The third-order valence-electron chi connectivity index (χ3n) is 6.89. The Morgan fingerprint density at radius 1 is 1.14 bits per heavy atom. The quantitative estimate of drug-likeness (QED) is 0.235. The van der Waals surface area contributed by atoms with Crippen molar-refractivity contribution in [1.82, 2.24) is 25.2 Å². The summed E-state index contributed by atoms with van der Waals surface area (Å²) in [6.07, 6.45) is 6.71. The molecule has 0 spiro atoms. The number of nitrogens with zero attached hydrogens (tertiary/aromatic N) is 4. The number of allylic oxidation sites excluding steroid dienone is 1. The van der Waals surface area contributed by atoms with E-state index >= 15 is 0 Å². The van der Waals surface area contributed by atoms with Gasteiger partial charge in [-0.2, -0.15) is 0 Å². The minimum absolute atomic E-state index is 0.0147. The van der Waals surface area contributed by atoms with Crippen LogP contribution in [0.3, 0.4) is 0 Å². The Morgan fingerprint density at radius 3 is 2.43 bits per heavy atom. The van der Waals surface area contributed by atoms with Crippen molar-refractivity contribution in [3.63, 3.8) is 0 Å². The Labute approximate surface area is 250 Å². The van der Waals surface area contributed by atoms with Gasteiger partial charge in [0.15, 0.2) is 6.10 Å². The predicted octanol–water partition coefficient (Wildman–Crippen LogP) is 4.33. The molecule has 3 rings (SSSR count). The Balaban J connectivity index is 1.76. The minimum atomic E-state index is -0.787. The topological polar surface area (TPSA) is 141 Å². The fourth-order valence-corrected chi connectivity index (χ4v) is 5.26. The van der Waals surface area contributed by atoms with Gasteiger partial charge in [0.1, 0.15) is 16.5 Å². The number of nitrogens with one attached hydrogen (secondary N) is 1. The second-order valence-corrected chi connectivity index (χ2v) is 11.5. The van der Waals surface area contributed by atoms with E-state index in [1.54, 1.807) is 35.8 Å². The average molecular weight is 598 g/mol. The minimum Gasteiger partial charge on any atom is -0.466 e. The lowest BCUT2D eigenvalue weighted by molar-refractivity contribution is -0.146. The van der Waals surface area contributed by atoms with Crippen LogP contribution in [0, 0.1) is 5.92 Å². The molecule has 1 fully saturated rings. The van der Waals surface area contributed by atoms with Crippen molar-refractivity contribution in [1.29, 1.82) is 0 Å². The summed E-state index contributed by atoms with van der Waals surface area (Å²) in [7, 11) is 3.00. The maximum Gasteiger partial charge on any atom is 0.333 e. The van der Waals surface area contributed by atoms with Crippen molar-refractivity contribution >= 4 is 35.1 Å². The van der Waals surface area contributed by atoms with Crippen LogP contribution in [0.25, 0.3) is 0 Å². The van der Waals surface area contributed by atoms with Gasteiger partial charge in [-0.25, -0.2) is 19.7 Å². The Morgan fingerprint density at radius 2 is 1.83 bits per heavy atom. The fraction of sp³-hybridized carbons (Fsp3) is 0.500. The molecule has 0 unspecified atom stereocenters. The molecule has 42 heavy (non-hydrogen) atoms. The monoisotopic (exact) mass is 597 g/mol. The Hall–Kier alpha value is -3.93. The molecule has 0 aliphatic heterocycles. The van der Waals surface area contributed by atoms with Crippen molar-refractivity contribution in [2.75, 3.05) is 14.2 Å². The van der Waals surface area contributed by atoms with Gasteiger partial charge in [-0.3, -0.25) is 14.4 Å². The number of hydrogen-bond acceptors (Lipinski definition) is 10. The van der Waals surface area contributed by atoms with Gasteiger partial charge in [0.2, 0.25) is 5.91 Å². The molecule has 2 atom stereocenters. The summed E-state index contributed by atoms with van der Waals surface area (Å²) in [6, 6.07) is 1.12. The van der Waals surface area contributed by atoms with E-state index in [4.69, 9.17) is 9.47 Å². The molecule has 0 aromatic carbocycles. The van der Waals surface area contributed by atoms with Crippen LogP contribution in [0.2, 0.25) is 0 Å². The lowest BCUT2D eigenvalue weighted by atomic mass is 10.0. The van der Waals surface area contributed by atoms with Crippen molar-refractivity contribution in [2.24, 2.45) is 5.92 Å². The van der Waals surface area contributed by atoms with Gasteiger partial charge in [-0.05, 0) is 38.7 Å². The van der Waals surface area contributed by atoms with Gasteiger partial charge in [0.25, 0.3) is 5.91 Å². The lowest BCUT2D eigenvalue weighted by Gasteiger charge is -2.26. The van der Waals surface area contributed by atoms with E-state index < -0.39 is 30.0 Å². The van der Waals surface area contributed by atoms with Gasteiger partial charge in [-0.15, -0.1) is 11.3 Å². The fourth-order valence-electron chi connectivity index (χ4n) is 4.44. The van der Waals surface area contributed by atoms with Gasteiger partial charge in [-0.1, -0.05) is 25.0 Å². The first-order valence-corrected chi connectivity index (χ1v) is 14.7. The number of ether oxygens (including phenoxy) is 2. The zero-order chi connectivity index (χ0) is 30.8. The van der Waals surface area contributed by atoms with Crippen LogP contribution in [-0.4, -0.2) is 63.8 Å². The molecule has 0 radical (unpaired) electrons. The smallest absolute Gasteiger partial charge is 0.333 e. The van der Waals surface area contributed by atoms with Crippen LogP contribution in [0.5, 0.6) is 0 Å². The van der Waals surface area contributed by atoms with E-state index in [1.807, 2.05) is 13.8 Å². The average Bonchev–Trinajstić information content (AvgIpc) is 3.65. The number of thiazole rings is 1. The molecule has 2 aromatic heterocycles. The number of methoxy groups -OCH3 is 1. The molecule has 2 amide bonds. The summed E-state index contributed by atoms with van der Waals surface area (Å²) >= 11 is 1.19. The highest BCUT2D eigenvalue weighted by molar-refractivity contribution is 7.09. The molecule has 226 valence electrons. The summed E-state index contributed by atoms with van der Waals surface area (Å²) < 4.78 is 10.4. The molecule has 1 aliphatic carbocycles. The SMILES string of the molecule is C=C(C[C@H](Cc1ncccn1)NC(=O)c1csc([C@@H](CC(=C(C)C)N(C)C(=O)CCC2CC2)OC(C)=O)n1)C(=O)OC. The molecule has 1 aliphatic rings. The molecule has 1 saturated carbocycles. The second kappa shape index (κ2) is 15.3. The third-order valence-corrected chi connectivity index (χ3v) is 7.82. The van der Waals surface area contributed by atoms with Crippen LogP contribution in [0.4, 0.5) is 0 Å². The molecule has 1 N–H and O–H groups in total. The van der Waals surface area contributed by atoms with E-state index in [0.29, 0.717) is 23.2 Å². The number of amides is 2. The lowest BCUT2D eigenvalue weighted by Crippen LogP contribution is -2.38. The zero-order valence-corrected chi connectivity index (χ0v) is 25.7. The van der Waals surface area contributed by atoms with Gasteiger partial charge < -0.3 is 19.7 Å². The normalized spacial score (nSPS) is 13.8. The van der Waals surface area contributed by atoms with Gasteiger partial charge >= 0.3 is 11.9 Å². The largest absolute Gasteiger partial charge is 0.466 e. The first-order chi connectivity index (χ1) is 20.0. The first-order valence-electron chi connectivity index (χ1n) is 13.9. The van der Waals surface area contributed by atoms with E-state index in [1.165, 1.54) is 38.2 Å². The van der Waals surface area contributed by atoms with Gasteiger partial charge in [0, 0.05) is 68.3 Å². The number of carbonyl (C=O) groups excluding carboxylic acids is 4. The standard InChI is InChI=1S/C30H39N5O6S/c1-18(2)24(35(5)27(37)11-10-21-8-9-21)16-25(41-20(4)36)29-34-23(17-42-29)28(38)33-22(14-19(3)30(39)40-6)15-26-31-12-7-13-32-26/h7,12-13,17,21-22,25H,3,8-11,14-16H2,1-2,4-6H3,(H,33,38)/t22-,25-/m1/s1. The number of aromatic nitrogens is 3. The molecule has 2 heterocycles. The van der Waals surface area contributed by atoms with Crippen LogP contribution in [0.1, 0.15) is 86.7 Å². The highest BCUT2D eigenvalue weighted by atomic mass is 32.1. The molecule has 0 saturated heterocycles. The Kier molecular flexibility index (Phi) is 11.9. The van der Waals surface area contributed by atoms with Crippen molar-refractivity contribution in [3.05, 3.63) is 63.8 Å². The molecular formula is C30H39N5O6S. The van der Waals surface area contributed by atoms with Crippen molar-refractivity contribution in [3.8, 4) is 0 Å². The van der Waals surface area contributed by atoms with Crippen LogP contribution < -0.4 is 5.32 Å². The summed E-state index contributed by atoms with van der Waals surface area (Å²) in [5.41, 5.74) is 1.98. The number of hydrogen-bond donors (Lipinski definition) is 1. The maximum absolute atomic E-state index is 13.3. The van der Waals surface area contributed by atoms with Gasteiger partial charge in [0.05, 0.1) is 7.11 Å². The highest BCUT2D eigenvalue weighted by Gasteiger charge is 2.28. The number of rotatable bonds is 15. The van der Waals surface area contributed by atoms with Crippen molar-refractivity contribution in [2.45, 2.75) is 77.9 Å². The third kappa shape index (κ3) is 9.86. The summed E-state index contributed by atoms with van der Waals surface area (Å²) in [5, 5.41) is 4.90. The number of esters is 2. The zero-order valence-electron chi connectivity index (χ0n) is 24.8. The highest BCUT2D eigenvalue weighted by Crippen LogP contribution is 2.35. The molecule has 11 nitrogen and oxygen atoms in total. The van der Waals surface area contributed by atoms with E-state index in [0.717, 1.165) is 17.7 Å². The van der Waals surface area contributed by atoms with E-state index in [9.17, 15) is 19.2 Å². The predicted molar refractivity (Wildman–Crippen MR) is 157 cm³/mol. The van der Waals surface area contributed by atoms with E-state index in [2.05, 4.69) is 26.8 Å². The molecule has 0 bridgehead atoms. The maximum atomic E-state index is 13.3. The molecule has 2 aromatic rings. The molecular weight excluding hydrogens is 558 g/mol. The van der Waals surface area contributed by atoms with Crippen molar-refractivity contribution < 1.29 is 28.7 Å². The summed E-state index contributed by atoms with van der Waals surface area (Å²) in [4.78, 5) is 64.7. The van der Waals surface area contributed by atoms with Crippen LogP contribution in [0.15, 0.2) is 47.3 Å². The second-order valence-electron chi connectivity index (χ2n) is 10.6. The first kappa shape index (κ1) is 32.6. The number of carbonyl (C=O) groups is 4. The summed E-state index contributed by atoms with van der Waals surface area (Å²) in [5.74, 6) is -0.409. The van der Waals surface area contributed by atoms with E-state index in [-0.39, 0.29) is 36.4 Å². The summed E-state index contributed by atoms with van der Waals surface area (Å²) in [6.45, 7) is 8.90. The van der Waals surface area contributed by atoms with Crippen LogP contribution >= 0.6 is 11.3 Å².